The molecule has 0 atom stereocenters. The molecule has 1 amide bonds. The molecule has 1 rings (SSSR count). The fraction of sp³-hybridized carbons (Fsp3) is 0.444. The van der Waals surface area contributed by atoms with E-state index in [9.17, 15) is 4.79 Å². The van der Waals surface area contributed by atoms with Gasteiger partial charge >= 0.3 is 0 Å². The Morgan fingerprint density at radius 2 is 2.36 bits per heavy atom. The number of carbonyl (C=O) groups excluding carboxylic acids is 1. The molecule has 0 fully saturated rings. The lowest BCUT2D eigenvalue weighted by atomic mass is 10.1. The van der Waals surface area contributed by atoms with Crippen molar-refractivity contribution in [3.05, 3.63) is 17.5 Å². The number of aromatic nitrogens is 2. The van der Waals surface area contributed by atoms with Crippen molar-refractivity contribution in [2.45, 2.75) is 20.3 Å². The smallest absolute Gasteiger partial charge is 0.225 e. The topological polar surface area (TPSA) is 54.9 Å². The van der Waals surface area contributed by atoms with Gasteiger partial charge in [0.05, 0.1) is 0 Å². The molecule has 0 aliphatic rings. The van der Waals surface area contributed by atoms with Crippen LogP contribution in [0.2, 0.25) is 5.28 Å². The average molecular weight is 214 g/mol. The van der Waals surface area contributed by atoms with Crippen molar-refractivity contribution >= 4 is 23.3 Å². The quantitative estimate of drug-likeness (QED) is 0.783. The molecule has 0 aromatic carbocycles. The zero-order chi connectivity index (χ0) is 10.6. The number of anilines is 1. The van der Waals surface area contributed by atoms with Crippen molar-refractivity contribution in [3.8, 4) is 0 Å². The molecule has 4 nitrogen and oxygen atoms in total. The number of halogens is 1. The lowest BCUT2D eigenvalue weighted by molar-refractivity contribution is -0.116. The third-order valence-corrected chi connectivity index (χ3v) is 1.67. The van der Waals surface area contributed by atoms with Crippen molar-refractivity contribution in [3.63, 3.8) is 0 Å². The van der Waals surface area contributed by atoms with Gasteiger partial charge < -0.3 is 5.32 Å². The molecule has 1 aromatic rings. The maximum absolute atomic E-state index is 11.3. The molecule has 14 heavy (non-hydrogen) atoms. The molecule has 0 radical (unpaired) electrons. The van der Waals surface area contributed by atoms with Crippen LogP contribution in [0, 0.1) is 5.92 Å². The summed E-state index contributed by atoms with van der Waals surface area (Å²) in [5.41, 5.74) is 0. The number of rotatable bonds is 3. The number of hydrogen-bond donors (Lipinski definition) is 1. The summed E-state index contributed by atoms with van der Waals surface area (Å²) < 4.78 is 0. The third-order valence-electron chi connectivity index (χ3n) is 1.49. The second kappa shape index (κ2) is 4.91. The fourth-order valence-corrected chi connectivity index (χ4v) is 1.12. The van der Waals surface area contributed by atoms with Crippen LogP contribution in [0.5, 0.6) is 0 Å². The first-order valence-corrected chi connectivity index (χ1v) is 4.74. The minimum Gasteiger partial charge on any atom is -0.311 e. The van der Waals surface area contributed by atoms with E-state index in [1.54, 1.807) is 6.07 Å². The van der Waals surface area contributed by atoms with E-state index in [1.807, 2.05) is 13.8 Å². The van der Waals surface area contributed by atoms with E-state index in [0.717, 1.165) is 0 Å². The molecule has 5 heteroatoms. The summed E-state index contributed by atoms with van der Waals surface area (Å²) >= 11 is 5.56. The molecule has 0 aliphatic heterocycles. The molecular formula is C9H12ClN3O. The maximum Gasteiger partial charge on any atom is 0.225 e. The summed E-state index contributed by atoms with van der Waals surface area (Å²) in [6, 6.07) is 1.60. The van der Waals surface area contributed by atoms with Crippen LogP contribution in [-0.4, -0.2) is 15.9 Å². The van der Waals surface area contributed by atoms with Gasteiger partial charge in [0.15, 0.2) is 0 Å². The molecule has 76 valence electrons. The van der Waals surface area contributed by atoms with Crippen LogP contribution in [0.3, 0.4) is 0 Å². The van der Waals surface area contributed by atoms with Crippen molar-refractivity contribution in [2.24, 2.45) is 5.92 Å². The Labute approximate surface area is 87.7 Å². The standard InChI is InChI=1S/C9H12ClN3O/c1-6(2)5-8(14)12-7-3-4-11-9(10)13-7/h3-4,6H,5H2,1-2H3,(H,11,12,13,14). The van der Waals surface area contributed by atoms with Crippen LogP contribution in [0.1, 0.15) is 20.3 Å². The first-order valence-electron chi connectivity index (χ1n) is 4.36. The van der Waals surface area contributed by atoms with Gasteiger partial charge in [0, 0.05) is 12.6 Å². The number of hydrogen-bond acceptors (Lipinski definition) is 3. The normalized spacial score (nSPS) is 10.3. The Morgan fingerprint density at radius 3 is 2.93 bits per heavy atom. The van der Waals surface area contributed by atoms with Gasteiger partial charge in [-0.3, -0.25) is 4.79 Å². The zero-order valence-electron chi connectivity index (χ0n) is 8.12. The van der Waals surface area contributed by atoms with E-state index in [4.69, 9.17) is 11.6 Å². The first-order chi connectivity index (χ1) is 6.58. The molecule has 0 aliphatic carbocycles. The lowest BCUT2D eigenvalue weighted by Crippen LogP contribution is -2.14. The first kappa shape index (κ1) is 10.9. The molecule has 1 heterocycles. The predicted molar refractivity (Wildman–Crippen MR) is 55.1 cm³/mol. The monoisotopic (exact) mass is 213 g/mol. The van der Waals surface area contributed by atoms with Crippen molar-refractivity contribution in [2.75, 3.05) is 5.32 Å². The van der Waals surface area contributed by atoms with Gasteiger partial charge in [0.25, 0.3) is 0 Å². The highest BCUT2D eigenvalue weighted by atomic mass is 35.5. The molecule has 0 spiro atoms. The van der Waals surface area contributed by atoms with Gasteiger partial charge in [-0.15, -0.1) is 0 Å². The Kier molecular flexibility index (Phi) is 3.83. The summed E-state index contributed by atoms with van der Waals surface area (Å²) in [5.74, 6) is 0.706. The molecular weight excluding hydrogens is 202 g/mol. The minimum absolute atomic E-state index is 0.0604. The van der Waals surface area contributed by atoms with Crippen molar-refractivity contribution in [1.82, 2.24) is 9.97 Å². The summed E-state index contributed by atoms with van der Waals surface area (Å²) in [7, 11) is 0. The summed E-state index contributed by atoms with van der Waals surface area (Å²) in [6.45, 7) is 3.96. The average Bonchev–Trinajstić information content (AvgIpc) is 2.01. The molecule has 0 unspecified atom stereocenters. The highest BCUT2D eigenvalue weighted by Gasteiger charge is 2.05. The SMILES string of the molecule is CC(C)CC(=O)Nc1ccnc(Cl)n1. The van der Waals surface area contributed by atoms with Gasteiger partial charge in [-0.25, -0.2) is 9.97 Å². The van der Waals surface area contributed by atoms with Gasteiger partial charge in [-0.05, 0) is 23.6 Å². The third kappa shape index (κ3) is 3.70. The highest BCUT2D eigenvalue weighted by Crippen LogP contribution is 2.07. The molecule has 0 bridgehead atoms. The molecule has 1 aromatic heterocycles. The predicted octanol–water partition coefficient (Wildman–Crippen LogP) is 2.11. The number of carbonyl (C=O) groups is 1. The largest absolute Gasteiger partial charge is 0.311 e. The Morgan fingerprint density at radius 1 is 1.64 bits per heavy atom. The van der Waals surface area contributed by atoms with Crippen LogP contribution in [0.15, 0.2) is 12.3 Å². The van der Waals surface area contributed by atoms with E-state index in [1.165, 1.54) is 6.20 Å². The van der Waals surface area contributed by atoms with Crippen molar-refractivity contribution in [1.29, 1.82) is 0 Å². The number of nitrogens with one attached hydrogen (secondary N) is 1. The van der Waals surface area contributed by atoms with Crippen LogP contribution in [-0.2, 0) is 4.79 Å². The number of amides is 1. The second-order valence-corrected chi connectivity index (χ2v) is 3.70. The van der Waals surface area contributed by atoms with Gasteiger partial charge in [0.2, 0.25) is 11.2 Å². The summed E-state index contributed by atoms with van der Waals surface area (Å²) in [6.07, 6.45) is 1.97. The van der Waals surface area contributed by atoms with Crippen LogP contribution >= 0.6 is 11.6 Å². The Hall–Kier alpha value is -1.16. The molecule has 0 saturated carbocycles. The second-order valence-electron chi connectivity index (χ2n) is 3.36. The van der Waals surface area contributed by atoms with Gasteiger partial charge in [-0.1, -0.05) is 13.8 Å². The lowest BCUT2D eigenvalue weighted by Gasteiger charge is -2.05. The van der Waals surface area contributed by atoms with E-state index < -0.39 is 0 Å². The summed E-state index contributed by atoms with van der Waals surface area (Å²) in [4.78, 5) is 18.9. The highest BCUT2D eigenvalue weighted by molar-refractivity contribution is 6.28. The Balaban J connectivity index is 2.56. The van der Waals surface area contributed by atoms with Gasteiger partial charge in [0.1, 0.15) is 5.82 Å². The van der Waals surface area contributed by atoms with Crippen molar-refractivity contribution < 1.29 is 4.79 Å². The minimum atomic E-state index is -0.0604. The van der Waals surface area contributed by atoms with E-state index in [-0.39, 0.29) is 11.2 Å². The van der Waals surface area contributed by atoms with E-state index in [2.05, 4.69) is 15.3 Å². The van der Waals surface area contributed by atoms with E-state index >= 15 is 0 Å². The maximum atomic E-state index is 11.3. The zero-order valence-corrected chi connectivity index (χ0v) is 8.88. The van der Waals surface area contributed by atoms with Crippen LogP contribution in [0.4, 0.5) is 5.82 Å². The van der Waals surface area contributed by atoms with Gasteiger partial charge in [-0.2, -0.15) is 0 Å². The fourth-order valence-electron chi connectivity index (χ4n) is 0.969. The molecule has 1 N–H and O–H groups in total. The Bertz CT molecular complexity index is 328. The van der Waals surface area contributed by atoms with Crippen LogP contribution in [0.25, 0.3) is 0 Å². The summed E-state index contributed by atoms with van der Waals surface area (Å²) in [5, 5.41) is 2.77. The molecule has 0 saturated heterocycles. The van der Waals surface area contributed by atoms with Crippen LogP contribution < -0.4 is 5.32 Å². The van der Waals surface area contributed by atoms with E-state index in [0.29, 0.717) is 18.2 Å². The number of nitrogens with zero attached hydrogens (tertiary/aromatic N) is 2.